The predicted molar refractivity (Wildman–Crippen MR) is 241 cm³/mol. The van der Waals surface area contributed by atoms with Gasteiger partial charge >= 0.3 is 0 Å². The van der Waals surface area contributed by atoms with E-state index in [1.165, 1.54) is 58.8 Å². The van der Waals surface area contributed by atoms with E-state index in [0.717, 1.165) is 39.3 Å². The van der Waals surface area contributed by atoms with E-state index < -0.39 is 0 Å². The summed E-state index contributed by atoms with van der Waals surface area (Å²) in [4.78, 5) is 7.28. The van der Waals surface area contributed by atoms with Gasteiger partial charge in [0, 0.05) is 48.7 Å². The number of fused-ring (bicyclic) bond motifs is 5. The molecule has 11 aromatic rings. The molecule has 9 aromatic carbocycles. The molecule has 0 saturated carbocycles. The van der Waals surface area contributed by atoms with Crippen LogP contribution in [0.3, 0.4) is 0 Å². The molecule has 57 heavy (non-hydrogen) atoms. The molecular formula is C53H34N2OS. The van der Waals surface area contributed by atoms with Crippen LogP contribution in [-0.2, 0) is 0 Å². The highest BCUT2D eigenvalue weighted by molar-refractivity contribution is 7.26. The van der Waals surface area contributed by atoms with Crippen molar-refractivity contribution in [3.63, 3.8) is 0 Å². The fraction of sp³-hybridized carbons (Fsp3) is 0. The van der Waals surface area contributed by atoms with E-state index in [4.69, 9.17) is 9.40 Å². The van der Waals surface area contributed by atoms with Gasteiger partial charge in [-0.1, -0.05) is 140 Å². The van der Waals surface area contributed by atoms with E-state index in [0.29, 0.717) is 5.89 Å². The van der Waals surface area contributed by atoms with Crippen molar-refractivity contribution in [2.45, 2.75) is 0 Å². The zero-order chi connectivity index (χ0) is 37.7. The lowest BCUT2D eigenvalue weighted by Gasteiger charge is -2.28. The molecule has 268 valence electrons. The third kappa shape index (κ3) is 5.95. The standard InChI is InChI=1S/C53H34N2OS/c1-3-13-37(14-4-1)44-18-9-10-20-48(44)55(42-28-24-36(25-29-42)41-23-22-35-12-7-8-17-40(35)32-41)43-30-26-38(27-31-43)45-19-11-21-50-52(45)46-33-47-49(34-51(46)57-50)56-53(54-47)39-15-5-2-6-16-39/h1-34H. The van der Waals surface area contributed by atoms with Crippen LogP contribution in [0.15, 0.2) is 211 Å². The number of nitrogens with zero attached hydrogens (tertiary/aromatic N) is 2. The summed E-state index contributed by atoms with van der Waals surface area (Å²) in [5, 5.41) is 4.93. The van der Waals surface area contributed by atoms with Gasteiger partial charge < -0.3 is 9.32 Å². The summed E-state index contributed by atoms with van der Waals surface area (Å²) in [5.74, 6) is 0.644. The molecule has 0 spiro atoms. The Labute approximate surface area is 334 Å². The quantitative estimate of drug-likeness (QED) is 0.163. The molecule has 0 bridgehead atoms. The molecule has 0 fully saturated rings. The Morgan fingerprint density at radius 3 is 1.81 bits per heavy atom. The van der Waals surface area contributed by atoms with Gasteiger partial charge in [0.2, 0.25) is 5.89 Å². The Morgan fingerprint density at radius 1 is 0.421 bits per heavy atom. The summed E-state index contributed by atoms with van der Waals surface area (Å²) in [6, 6.07) is 73.6. The van der Waals surface area contributed by atoms with Gasteiger partial charge in [0.15, 0.2) is 5.58 Å². The topological polar surface area (TPSA) is 29.3 Å². The number of oxazole rings is 1. The smallest absolute Gasteiger partial charge is 0.227 e. The third-order valence-corrected chi connectivity index (χ3v) is 12.0. The van der Waals surface area contributed by atoms with Gasteiger partial charge in [0.05, 0.1) is 5.69 Å². The fourth-order valence-corrected chi connectivity index (χ4v) is 9.25. The van der Waals surface area contributed by atoms with Gasteiger partial charge in [-0.3, -0.25) is 0 Å². The minimum absolute atomic E-state index is 0.644. The van der Waals surface area contributed by atoms with E-state index in [2.05, 4.69) is 181 Å². The largest absolute Gasteiger partial charge is 0.436 e. The van der Waals surface area contributed by atoms with Crippen LogP contribution in [0.25, 0.3) is 86.9 Å². The fourth-order valence-electron chi connectivity index (χ4n) is 8.11. The molecule has 0 aliphatic rings. The molecule has 2 aromatic heterocycles. The van der Waals surface area contributed by atoms with Crippen LogP contribution >= 0.6 is 11.3 Å². The number of anilines is 3. The van der Waals surface area contributed by atoms with Gasteiger partial charge in [-0.2, -0.15) is 0 Å². The molecule has 0 unspecified atom stereocenters. The first-order valence-corrected chi connectivity index (χ1v) is 20.0. The van der Waals surface area contributed by atoms with E-state index >= 15 is 0 Å². The maximum atomic E-state index is 6.25. The first kappa shape index (κ1) is 33.1. The maximum absolute atomic E-state index is 6.25. The Hall–Kier alpha value is -7.27. The summed E-state index contributed by atoms with van der Waals surface area (Å²) < 4.78 is 8.68. The van der Waals surface area contributed by atoms with Crippen LogP contribution in [0.5, 0.6) is 0 Å². The van der Waals surface area contributed by atoms with Gasteiger partial charge in [-0.25, -0.2) is 4.98 Å². The molecule has 0 aliphatic heterocycles. The number of rotatable bonds is 7. The van der Waals surface area contributed by atoms with Gasteiger partial charge in [0.1, 0.15) is 5.52 Å². The molecule has 0 aliphatic carbocycles. The van der Waals surface area contributed by atoms with Crippen molar-refractivity contribution >= 4 is 70.4 Å². The number of thiophene rings is 1. The lowest BCUT2D eigenvalue weighted by Crippen LogP contribution is -2.11. The number of hydrogen-bond acceptors (Lipinski definition) is 4. The van der Waals surface area contributed by atoms with Crippen molar-refractivity contribution in [3.05, 3.63) is 206 Å². The zero-order valence-electron chi connectivity index (χ0n) is 30.8. The second kappa shape index (κ2) is 13.8. The van der Waals surface area contributed by atoms with Crippen LogP contribution in [0.1, 0.15) is 0 Å². The molecule has 3 nitrogen and oxygen atoms in total. The average molecular weight is 747 g/mol. The van der Waals surface area contributed by atoms with Crippen LogP contribution < -0.4 is 4.90 Å². The molecule has 0 amide bonds. The molecular weight excluding hydrogens is 713 g/mol. The maximum Gasteiger partial charge on any atom is 0.227 e. The highest BCUT2D eigenvalue weighted by Gasteiger charge is 2.19. The van der Waals surface area contributed by atoms with Crippen molar-refractivity contribution < 1.29 is 4.42 Å². The van der Waals surface area contributed by atoms with E-state index in [9.17, 15) is 0 Å². The highest BCUT2D eigenvalue weighted by atomic mass is 32.1. The summed E-state index contributed by atoms with van der Waals surface area (Å²) >= 11 is 1.80. The summed E-state index contributed by atoms with van der Waals surface area (Å²) in [6.07, 6.45) is 0. The Kier molecular flexibility index (Phi) is 8.01. The predicted octanol–water partition coefficient (Wildman–Crippen LogP) is 15.5. The minimum Gasteiger partial charge on any atom is -0.436 e. The van der Waals surface area contributed by atoms with Crippen molar-refractivity contribution in [1.82, 2.24) is 4.98 Å². The van der Waals surface area contributed by atoms with Gasteiger partial charge in [-0.15, -0.1) is 11.3 Å². The van der Waals surface area contributed by atoms with Crippen molar-refractivity contribution in [1.29, 1.82) is 0 Å². The second-order valence-corrected chi connectivity index (χ2v) is 15.4. The van der Waals surface area contributed by atoms with Crippen LogP contribution in [0, 0.1) is 0 Å². The summed E-state index contributed by atoms with van der Waals surface area (Å²) in [6.45, 7) is 0. The van der Waals surface area contributed by atoms with E-state index in [1.807, 2.05) is 30.3 Å². The van der Waals surface area contributed by atoms with E-state index in [-0.39, 0.29) is 0 Å². The lowest BCUT2D eigenvalue weighted by molar-refractivity contribution is 0.620. The van der Waals surface area contributed by atoms with Crippen LogP contribution in [0.2, 0.25) is 0 Å². The highest BCUT2D eigenvalue weighted by Crippen LogP contribution is 2.45. The van der Waals surface area contributed by atoms with Crippen molar-refractivity contribution in [2.24, 2.45) is 0 Å². The third-order valence-electron chi connectivity index (χ3n) is 10.9. The first-order chi connectivity index (χ1) is 28.2. The Bertz CT molecular complexity index is 3220. The number of benzene rings is 9. The molecule has 2 heterocycles. The molecule has 0 atom stereocenters. The number of hydrogen-bond donors (Lipinski definition) is 0. The number of para-hydroxylation sites is 1. The molecule has 0 saturated heterocycles. The van der Waals surface area contributed by atoms with E-state index in [1.54, 1.807) is 11.3 Å². The zero-order valence-corrected chi connectivity index (χ0v) is 31.7. The first-order valence-electron chi connectivity index (χ1n) is 19.2. The molecule has 0 radical (unpaired) electrons. The Balaban J connectivity index is 1.01. The molecule has 0 N–H and O–H groups in total. The summed E-state index contributed by atoms with van der Waals surface area (Å²) in [7, 11) is 0. The van der Waals surface area contributed by atoms with Crippen molar-refractivity contribution in [2.75, 3.05) is 4.90 Å². The average Bonchev–Trinajstić information content (AvgIpc) is 3.87. The minimum atomic E-state index is 0.644. The van der Waals surface area contributed by atoms with Crippen LogP contribution in [-0.4, -0.2) is 4.98 Å². The SMILES string of the molecule is c1ccc(-c2nc3cc4c(cc3o2)sc2cccc(-c3ccc(N(c5ccc(-c6ccc7ccccc7c6)cc5)c5ccccc5-c5ccccc5)cc3)c24)cc1. The lowest BCUT2D eigenvalue weighted by atomic mass is 9.98. The van der Waals surface area contributed by atoms with Gasteiger partial charge in [-0.05, 0) is 99.3 Å². The molecule has 11 rings (SSSR count). The van der Waals surface area contributed by atoms with Gasteiger partial charge in [0.25, 0.3) is 0 Å². The number of aromatic nitrogens is 1. The van der Waals surface area contributed by atoms with Crippen LogP contribution in [0.4, 0.5) is 17.1 Å². The van der Waals surface area contributed by atoms with Crippen molar-refractivity contribution in [3.8, 4) is 44.8 Å². The molecule has 4 heteroatoms. The monoisotopic (exact) mass is 746 g/mol. The second-order valence-electron chi connectivity index (χ2n) is 14.4. The summed E-state index contributed by atoms with van der Waals surface area (Å²) in [5.41, 5.74) is 13.0. The Morgan fingerprint density at radius 2 is 1.04 bits per heavy atom. The normalized spacial score (nSPS) is 11.5.